The standard InChI is InChI=1S/C13H14BrNO2/c14-9-7-13(16)15(8-9)11-5-6-17-12-4-2-1-3-10(11)12/h1-4,9,11H,5-8H2. The Morgan fingerprint density at radius 3 is 2.94 bits per heavy atom. The number of likely N-dealkylation sites (tertiary alicyclic amines) is 1. The maximum Gasteiger partial charge on any atom is 0.224 e. The van der Waals surface area contributed by atoms with Gasteiger partial charge in [-0.2, -0.15) is 0 Å². The second kappa shape index (κ2) is 4.33. The van der Waals surface area contributed by atoms with Gasteiger partial charge in [-0.1, -0.05) is 34.1 Å². The topological polar surface area (TPSA) is 29.5 Å². The van der Waals surface area contributed by atoms with E-state index in [1.807, 2.05) is 23.1 Å². The highest BCUT2D eigenvalue weighted by Gasteiger charge is 2.36. The van der Waals surface area contributed by atoms with Crippen LogP contribution in [0.25, 0.3) is 0 Å². The van der Waals surface area contributed by atoms with Crippen LogP contribution in [0.5, 0.6) is 5.75 Å². The first kappa shape index (κ1) is 11.1. The van der Waals surface area contributed by atoms with Gasteiger partial charge in [-0.3, -0.25) is 4.79 Å². The van der Waals surface area contributed by atoms with E-state index >= 15 is 0 Å². The Labute approximate surface area is 109 Å². The smallest absolute Gasteiger partial charge is 0.224 e. The molecular weight excluding hydrogens is 282 g/mol. The fourth-order valence-electron chi connectivity index (χ4n) is 2.63. The van der Waals surface area contributed by atoms with Crippen LogP contribution in [0.1, 0.15) is 24.4 Å². The van der Waals surface area contributed by atoms with Crippen molar-refractivity contribution in [1.29, 1.82) is 0 Å². The molecule has 1 aromatic carbocycles. The summed E-state index contributed by atoms with van der Waals surface area (Å²) in [5.41, 5.74) is 1.15. The molecule has 2 aliphatic heterocycles. The molecule has 2 heterocycles. The van der Waals surface area contributed by atoms with Gasteiger partial charge in [-0.25, -0.2) is 0 Å². The van der Waals surface area contributed by atoms with E-state index in [1.165, 1.54) is 0 Å². The van der Waals surface area contributed by atoms with Crippen LogP contribution in [-0.4, -0.2) is 28.8 Å². The number of ether oxygens (including phenoxy) is 1. The van der Waals surface area contributed by atoms with Crippen molar-refractivity contribution in [3.8, 4) is 5.75 Å². The molecule has 17 heavy (non-hydrogen) atoms. The second-order valence-electron chi connectivity index (χ2n) is 4.54. The summed E-state index contributed by atoms with van der Waals surface area (Å²) in [4.78, 5) is 14.2. The van der Waals surface area contributed by atoms with Crippen molar-refractivity contribution in [3.63, 3.8) is 0 Å². The van der Waals surface area contributed by atoms with Crippen LogP contribution in [0, 0.1) is 0 Å². The van der Waals surface area contributed by atoms with Gasteiger partial charge in [0.25, 0.3) is 0 Å². The molecule has 0 aliphatic carbocycles. The molecule has 0 aromatic heterocycles. The third-order valence-electron chi connectivity index (χ3n) is 3.41. The Morgan fingerprint density at radius 2 is 2.18 bits per heavy atom. The number of carbonyl (C=O) groups is 1. The fourth-order valence-corrected chi connectivity index (χ4v) is 3.22. The van der Waals surface area contributed by atoms with Crippen LogP contribution in [0.3, 0.4) is 0 Å². The van der Waals surface area contributed by atoms with E-state index in [0.717, 1.165) is 24.3 Å². The van der Waals surface area contributed by atoms with Gasteiger partial charge in [0.05, 0.1) is 12.6 Å². The third kappa shape index (κ3) is 1.95. The predicted octanol–water partition coefficient (Wildman–Crippen LogP) is 2.51. The summed E-state index contributed by atoms with van der Waals surface area (Å²) >= 11 is 3.53. The number of halogens is 1. The molecule has 0 N–H and O–H groups in total. The zero-order valence-corrected chi connectivity index (χ0v) is 11.0. The number of hydrogen-bond donors (Lipinski definition) is 0. The Balaban J connectivity index is 1.93. The van der Waals surface area contributed by atoms with Crippen molar-refractivity contribution in [2.24, 2.45) is 0 Å². The first-order valence-corrected chi connectivity index (χ1v) is 6.82. The zero-order chi connectivity index (χ0) is 11.8. The number of alkyl halides is 1. The molecule has 3 nitrogen and oxygen atoms in total. The van der Waals surface area contributed by atoms with Gasteiger partial charge in [0.1, 0.15) is 5.75 Å². The summed E-state index contributed by atoms with van der Waals surface area (Å²) in [6.45, 7) is 1.50. The van der Waals surface area contributed by atoms with Gasteiger partial charge in [-0.15, -0.1) is 0 Å². The maximum atomic E-state index is 11.9. The van der Waals surface area contributed by atoms with E-state index < -0.39 is 0 Å². The van der Waals surface area contributed by atoms with E-state index in [4.69, 9.17) is 4.74 Å². The molecule has 0 radical (unpaired) electrons. The van der Waals surface area contributed by atoms with Crippen molar-refractivity contribution < 1.29 is 9.53 Å². The van der Waals surface area contributed by atoms with Gasteiger partial charge < -0.3 is 9.64 Å². The van der Waals surface area contributed by atoms with Crippen LogP contribution >= 0.6 is 15.9 Å². The zero-order valence-electron chi connectivity index (χ0n) is 9.43. The highest BCUT2D eigenvalue weighted by Crippen LogP contribution is 2.38. The maximum absolute atomic E-state index is 11.9. The fraction of sp³-hybridized carbons (Fsp3) is 0.462. The summed E-state index contributed by atoms with van der Waals surface area (Å²) < 4.78 is 5.63. The lowest BCUT2D eigenvalue weighted by atomic mass is 9.99. The lowest BCUT2D eigenvalue weighted by Gasteiger charge is -2.33. The SMILES string of the molecule is O=C1CC(Br)CN1C1CCOc2ccccc21. The van der Waals surface area contributed by atoms with Gasteiger partial charge in [0, 0.05) is 29.8 Å². The van der Waals surface area contributed by atoms with Crippen molar-refractivity contribution in [1.82, 2.24) is 4.90 Å². The summed E-state index contributed by atoms with van der Waals surface area (Å²) in [6.07, 6.45) is 1.50. The number of para-hydroxylation sites is 1. The van der Waals surface area contributed by atoms with Crippen LogP contribution in [0.2, 0.25) is 0 Å². The molecule has 1 amide bonds. The molecule has 1 aromatic rings. The molecule has 4 heteroatoms. The molecule has 0 saturated carbocycles. The van der Waals surface area contributed by atoms with E-state index in [2.05, 4.69) is 22.0 Å². The van der Waals surface area contributed by atoms with Crippen molar-refractivity contribution >= 4 is 21.8 Å². The number of rotatable bonds is 1. The number of nitrogens with zero attached hydrogens (tertiary/aromatic N) is 1. The van der Waals surface area contributed by atoms with Crippen molar-refractivity contribution in [2.45, 2.75) is 23.7 Å². The number of benzene rings is 1. The molecule has 1 fully saturated rings. The average molecular weight is 296 g/mol. The predicted molar refractivity (Wildman–Crippen MR) is 68.3 cm³/mol. The lowest BCUT2D eigenvalue weighted by molar-refractivity contribution is -0.130. The molecule has 0 spiro atoms. The third-order valence-corrected chi connectivity index (χ3v) is 4.03. The minimum Gasteiger partial charge on any atom is -0.493 e. The van der Waals surface area contributed by atoms with Crippen LogP contribution in [-0.2, 0) is 4.79 Å². The molecule has 0 bridgehead atoms. The van der Waals surface area contributed by atoms with Gasteiger partial charge in [0.2, 0.25) is 5.91 Å². The monoisotopic (exact) mass is 295 g/mol. The number of fused-ring (bicyclic) bond motifs is 1. The van der Waals surface area contributed by atoms with E-state index in [-0.39, 0.29) is 11.9 Å². The van der Waals surface area contributed by atoms with E-state index in [0.29, 0.717) is 17.9 Å². The molecule has 2 aliphatic rings. The van der Waals surface area contributed by atoms with Crippen molar-refractivity contribution in [3.05, 3.63) is 29.8 Å². The Morgan fingerprint density at radius 1 is 1.35 bits per heavy atom. The second-order valence-corrected chi connectivity index (χ2v) is 5.83. The number of amides is 1. The molecule has 1 saturated heterocycles. The Hall–Kier alpha value is -1.03. The summed E-state index contributed by atoms with van der Waals surface area (Å²) in [5.74, 6) is 1.17. The molecule has 3 rings (SSSR count). The van der Waals surface area contributed by atoms with Gasteiger partial charge >= 0.3 is 0 Å². The van der Waals surface area contributed by atoms with Crippen LogP contribution < -0.4 is 4.74 Å². The van der Waals surface area contributed by atoms with Crippen LogP contribution in [0.15, 0.2) is 24.3 Å². The normalized spacial score (nSPS) is 27.8. The van der Waals surface area contributed by atoms with E-state index in [1.54, 1.807) is 0 Å². The van der Waals surface area contributed by atoms with Crippen molar-refractivity contribution in [2.75, 3.05) is 13.2 Å². The highest BCUT2D eigenvalue weighted by molar-refractivity contribution is 9.09. The summed E-state index contributed by atoms with van der Waals surface area (Å²) in [5, 5.41) is 0. The summed E-state index contributed by atoms with van der Waals surface area (Å²) in [7, 11) is 0. The molecule has 2 atom stereocenters. The summed E-state index contributed by atoms with van der Waals surface area (Å²) in [6, 6.07) is 8.21. The largest absolute Gasteiger partial charge is 0.493 e. The average Bonchev–Trinajstić information content (AvgIpc) is 2.68. The Kier molecular flexibility index (Phi) is 2.82. The first-order chi connectivity index (χ1) is 8.25. The van der Waals surface area contributed by atoms with Crippen LogP contribution in [0.4, 0.5) is 0 Å². The first-order valence-electron chi connectivity index (χ1n) is 5.91. The highest BCUT2D eigenvalue weighted by atomic mass is 79.9. The molecule has 2 unspecified atom stereocenters. The number of hydrogen-bond acceptors (Lipinski definition) is 2. The quantitative estimate of drug-likeness (QED) is 0.745. The minimum atomic E-state index is 0.190. The lowest BCUT2D eigenvalue weighted by Crippen LogP contribution is -2.33. The van der Waals surface area contributed by atoms with Gasteiger partial charge in [-0.05, 0) is 6.07 Å². The Bertz CT molecular complexity index is 449. The number of carbonyl (C=O) groups excluding carboxylic acids is 1. The van der Waals surface area contributed by atoms with E-state index in [9.17, 15) is 4.79 Å². The molecular formula is C13H14BrNO2. The molecule has 90 valence electrons. The van der Waals surface area contributed by atoms with Gasteiger partial charge in [0.15, 0.2) is 0 Å². The minimum absolute atomic E-state index is 0.190.